The van der Waals surface area contributed by atoms with Crippen LogP contribution in [0.15, 0.2) is 35.7 Å². The Hall–Kier alpha value is -1.35. The maximum Gasteiger partial charge on any atom is 0.125 e. The number of benzene rings is 1. The van der Waals surface area contributed by atoms with Crippen LogP contribution in [0.3, 0.4) is 0 Å². The first-order valence-corrected chi connectivity index (χ1v) is 4.74. The summed E-state index contributed by atoms with van der Waals surface area (Å²) in [7, 11) is 0. The van der Waals surface area contributed by atoms with Crippen molar-refractivity contribution in [2.45, 2.75) is 0 Å². The van der Waals surface area contributed by atoms with Gasteiger partial charge in [0.1, 0.15) is 5.82 Å². The van der Waals surface area contributed by atoms with Crippen LogP contribution in [0, 0.1) is 5.82 Å². The molecule has 2 N–H and O–H groups in total. The fourth-order valence-corrected chi connectivity index (χ4v) is 1.96. The van der Waals surface area contributed by atoms with Crippen molar-refractivity contribution < 1.29 is 4.39 Å². The summed E-state index contributed by atoms with van der Waals surface area (Å²) in [4.78, 5) is 1.07. The van der Waals surface area contributed by atoms with Gasteiger partial charge in [-0.15, -0.1) is 11.3 Å². The van der Waals surface area contributed by atoms with Gasteiger partial charge in [0.25, 0.3) is 0 Å². The normalized spacial score (nSPS) is 10.2. The van der Waals surface area contributed by atoms with E-state index in [0.29, 0.717) is 5.69 Å². The third kappa shape index (κ3) is 1.55. The Morgan fingerprint density at radius 1 is 1.23 bits per heavy atom. The molecule has 66 valence electrons. The Bertz CT molecular complexity index is 409. The molecule has 0 radical (unpaired) electrons. The molecule has 0 saturated heterocycles. The smallest absolute Gasteiger partial charge is 0.125 e. The molecule has 0 aliphatic carbocycles. The topological polar surface area (TPSA) is 26.0 Å². The largest absolute Gasteiger partial charge is 0.398 e. The second-order valence-electron chi connectivity index (χ2n) is 2.71. The molecule has 1 aromatic carbocycles. The third-order valence-electron chi connectivity index (χ3n) is 1.80. The van der Waals surface area contributed by atoms with E-state index in [1.807, 2.05) is 17.5 Å². The monoisotopic (exact) mass is 193 g/mol. The van der Waals surface area contributed by atoms with Gasteiger partial charge >= 0.3 is 0 Å². The van der Waals surface area contributed by atoms with E-state index in [2.05, 4.69) is 0 Å². The van der Waals surface area contributed by atoms with Crippen molar-refractivity contribution in [3.63, 3.8) is 0 Å². The minimum absolute atomic E-state index is 0.294. The predicted octanol–water partition coefficient (Wildman–Crippen LogP) is 3.14. The number of anilines is 1. The first-order valence-electron chi connectivity index (χ1n) is 3.86. The van der Waals surface area contributed by atoms with Gasteiger partial charge in [-0.2, -0.15) is 0 Å². The van der Waals surface area contributed by atoms with Crippen LogP contribution in [-0.4, -0.2) is 0 Å². The van der Waals surface area contributed by atoms with Crippen molar-refractivity contribution in [3.8, 4) is 10.4 Å². The maximum absolute atomic E-state index is 12.7. The molecule has 0 fully saturated rings. The summed E-state index contributed by atoms with van der Waals surface area (Å²) < 4.78 is 12.7. The van der Waals surface area contributed by atoms with Crippen LogP contribution in [0.5, 0.6) is 0 Å². The molecule has 0 bridgehead atoms. The third-order valence-corrected chi connectivity index (χ3v) is 2.70. The molecule has 13 heavy (non-hydrogen) atoms. The van der Waals surface area contributed by atoms with Crippen molar-refractivity contribution in [1.82, 2.24) is 0 Å². The fourth-order valence-electron chi connectivity index (χ4n) is 1.19. The molecule has 3 heteroatoms. The summed E-state index contributed by atoms with van der Waals surface area (Å²) >= 11 is 1.59. The van der Waals surface area contributed by atoms with Gasteiger partial charge in [0.15, 0.2) is 0 Å². The number of thiophene rings is 1. The summed E-state index contributed by atoms with van der Waals surface area (Å²) in [5.41, 5.74) is 7.07. The van der Waals surface area contributed by atoms with Gasteiger partial charge < -0.3 is 5.73 Å². The van der Waals surface area contributed by atoms with E-state index >= 15 is 0 Å². The molecule has 0 saturated carbocycles. The first kappa shape index (κ1) is 8.26. The number of nitrogen functional groups attached to an aromatic ring is 1. The van der Waals surface area contributed by atoms with Crippen molar-refractivity contribution in [1.29, 1.82) is 0 Å². The standard InChI is InChI=1S/C10H8FNS/c11-7-3-4-8(9(12)6-7)10-2-1-5-13-10/h1-6H,12H2. The summed E-state index contributed by atoms with van der Waals surface area (Å²) in [5, 5.41) is 1.97. The molecular weight excluding hydrogens is 185 g/mol. The maximum atomic E-state index is 12.7. The Balaban J connectivity index is 2.53. The van der Waals surface area contributed by atoms with E-state index < -0.39 is 0 Å². The van der Waals surface area contributed by atoms with Crippen molar-refractivity contribution in [2.75, 3.05) is 5.73 Å². The number of hydrogen-bond donors (Lipinski definition) is 1. The second kappa shape index (κ2) is 3.18. The Morgan fingerprint density at radius 2 is 2.08 bits per heavy atom. The quantitative estimate of drug-likeness (QED) is 0.692. The van der Waals surface area contributed by atoms with Crippen LogP contribution in [0.25, 0.3) is 10.4 Å². The number of nitrogens with two attached hydrogens (primary N) is 1. The highest BCUT2D eigenvalue weighted by Crippen LogP contribution is 2.29. The lowest BCUT2D eigenvalue weighted by Crippen LogP contribution is -1.89. The van der Waals surface area contributed by atoms with E-state index in [-0.39, 0.29) is 5.82 Å². The van der Waals surface area contributed by atoms with Crippen molar-refractivity contribution >= 4 is 17.0 Å². The lowest BCUT2D eigenvalue weighted by Gasteiger charge is -2.01. The zero-order valence-corrected chi connectivity index (χ0v) is 7.64. The molecule has 0 aliphatic rings. The van der Waals surface area contributed by atoms with E-state index in [9.17, 15) is 4.39 Å². The van der Waals surface area contributed by atoms with Crippen LogP contribution >= 0.6 is 11.3 Å². The van der Waals surface area contributed by atoms with Gasteiger partial charge in [-0.1, -0.05) is 6.07 Å². The molecule has 0 aliphatic heterocycles. The summed E-state index contributed by atoms with van der Waals surface area (Å²) in [6.07, 6.45) is 0. The van der Waals surface area contributed by atoms with Crippen LogP contribution in [0.2, 0.25) is 0 Å². The zero-order chi connectivity index (χ0) is 9.26. The Kier molecular flexibility index (Phi) is 2.02. The minimum Gasteiger partial charge on any atom is -0.398 e. The van der Waals surface area contributed by atoms with Gasteiger partial charge in [0.2, 0.25) is 0 Å². The molecule has 1 aromatic heterocycles. The zero-order valence-electron chi connectivity index (χ0n) is 6.83. The molecule has 2 rings (SSSR count). The summed E-state index contributed by atoms with van der Waals surface area (Å²) in [6.45, 7) is 0. The summed E-state index contributed by atoms with van der Waals surface area (Å²) in [5.74, 6) is -0.294. The molecule has 0 spiro atoms. The van der Waals surface area contributed by atoms with E-state index in [1.165, 1.54) is 12.1 Å². The summed E-state index contributed by atoms with van der Waals surface area (Å²) in [6, 6.07) is 8.38. The molecule has 1 heterocycles. The molecule has 0 unspecified atom stereocenters. The molecule has 0 amide bonds. The van der Waals surface area contributed by atoms with Crippen LogP contribution < -0.4 is 5.73 Å². The van der Waals surface area contributed by atoms with Crippen molar-refractivity contribution in [3.05, 3.63) is 41.5 Å². The molecular formula is C10H8FNS. The van der Waals surface area contributed by atoms with E-state index in [0.717, 1.165) is 10.4 Å². The van der Waals surface area contributed by atoms with Crippen LogP contribution in [0.4, 0.5) is 10.1 Å². The second-order valence-corrected chi connectivity index (χ2v) is 3.66. The highest BCUT2D eigenvalue weighted by molar-refractivity contribution is 7.13. The van der Waals surface area contributed by atoms with E-state index in [4.69, 9.17) is 5.73 Å². The number of rotatable bonds is 1. The number of hydrogen-bond acceptors (Lipinski definition) is 2. The van der Waals surface area contributed by atoms with Gasteiger partial charge in [0.05, 0.1) is 0 Å². The Morgan fingerprint density at radius 3 is 2.69 bits per heavy atom. The lowest BCUT2D eigenvalue weighted by molar-refractivity contribution is 0.628. The van der Waals surface area contributed by atoms with Gasteiger partial charge in [0, 0.05) is 16.1 Å². The molecule has 2 aromatic rings. The molecule has 0 atom stereocenters. The first-order chi connectivity index (χ1) is 6.27. The average Bonchev–Trinajstić information content (AvgIpc) is 2.56. The predicted molar refractivity (Wildman–Crippen MR) is 54.1 cm³/mol. The molecule has 1 nitrogen and oxygen atoms in total. The highest BCUT2D eigenvalue weighted by atomic mass is 32.1. The fraction of sp³-hybridized carbons (Fsp3) is 0. The van der Waals surface area contributed by atoms with Crippen molar-refractivity contribution in [2.24, 2.45) is 0 Å². The lowest BCUT2D eigenvalue weighted by atomic mass is 10.1. The number of halogens is 1. The average molecular weight is 193 g/mol. The SMILES string of the molecule is Nc1cc(F)ccc1-c1cccs1. The highest BCUT2D eigenvalue weighted by Gasteiger charge is 2.03. The van der Waals surface area contributed by atoms with Gasteiger partial charge in [-0.3, -0.25) is 0 Å². The van der Waals surface area contributed by atoms with E-state index in [1.54, 1.807) is 17.4 Å². The van der Waals surface area contributed by atoms with Gasteiger partial charge in [-0.05, 0) is 29.6 Å². The van der Waals surface area contributed by atoms with Gasteiger partial charge in [-0.25, -0.2) is 4.39 Å². The minimum atomic E-state index is -0.294. The van der Waals surface area contributed by atoms with Crippen LogP contribution in [-0.2, 0) is 0 Å². The van der Waals surface area contributed by atoms with Crippen LogP contribution in [0.1, 0.15) is 0 Å². The Labute approximate surface area is 79.6 Å².